The molecule has 40 heavy (non-hydrogen) atoms. The van der Waals surface area contributed by atoms with Crippen molar-refractivity contribution in [1.29, 1.82) is 0 Å². The van der Waals surface area contributed by atoms with Crippen LogP contribution in [0.25, 0.3) is 0 Å². The number of amides is 3. The predicted molar refractivity (Wildman–Crippen MR) is 146 cm³/mol. The van der Waals surface area contributed by atoms with E-state index in [1.165, 1.54) is 0 Å². The van der Waals surface area contributed by atoms with Crippen molar-refractivity contribution in [2.45, 2.75) is 64.3 Å². The zero-order valence-corrected chi connectivity index (χ0v) is 23.0. The van der Waals surface area contributed by atoms with E-state index in [0.717, 1.165) is 36.6 Å². The topological polar surface area (TPSA) is 102 Å². The summed E-state index contributed by atoms with van der Waals surface area (Å²) < 4.78 is 28.0. The molecule has 0 saturated carbocycles. The zero-order chi connectivity index (χ0) is 28.8. The van der Waals surface area contributed by atoms with Gasteiger partial charge in [0.05, 0.1) is 30.7 Å². The van der Waals surface area contributed by atoms with Crippen LogP contribution in [0.5, 0.6) is 0 Å². The quantitative estimate of drug-likeness (QED) is 0.373. The number of hydrogen-bond acceptors (Lipinski definition) is 5. The summed E-state index contributed by atoms with van der Waals surface area (Å²) in [6, 6.07) is 10.4. The van der Waals surface area contributed by atoms with E-state index in [2.05, 4.69) is 10.6 Å². The molecule has 0 radical (unpaired) electrons. The van der Waals surface area contributed by atoms with Crippen LogP contribution in [0.15, 0.2) is 48.5 Å². The molecule has 3 N–H and O–H groups in total. The van der Waals surface area contributed by atoms with Crippen molar-refractivity contribution in [2.75, 3.05) is 19.8 Å². The zero-order valence-electron chi connectivity index (χ0n) is 23.0. The van der Waals surface area contributed by atoms with Crippen molar-refractivity contribution >= 4 is 17.7 Å². The largest absolute Gasteiger partial charge is 0.389 e. The molecule has 0 bridgehead atoms. The minimum atomic E-state index is -1.39. The summed E-state index contributed by atoms with van der Waals surface area (Å²) in [5.74, 6) is -3.51. The SMILES string of the molecule is CCCCN1CC(C(=O)N[C@@H](Cc2cc(F)cc(F)c2)[C@H](O)[C@@H]2NCN(Cc3ccccc3)C2=O)C(CC)C1=O. The van der Waals surface area contributed by atoms with Gasteiger partial charge in [-0.25, -0.2) is 8.78 Å². The number of carbonyl (C=O) groups excluding carboxylic acids is 3. The Hall–Kier alpha value is -3.37. The Kier molecular flexibility index (Phi) is 9.86. The average molecular weight is 557 g/mol. The summed E-state index contributed by atoms with van der Waals surface area (Å²) >= 11 is 0. The Bertz CT molecular complexity index is 1180. The summed E-state index contributed by atoms with van der Waals surface area (Å²) in [6.45, 7) is 5.28. The Morgan fingerprint density at radius 2 is 1.75 bits per heavy atom. The van der Waals surface area contributed by atoms with E-state index in [0.29, 0.717) is 19.5 Å². The summed E-state index contributed by atoms with van der Waals surface area (Å²) in [5.41, 5.74) is 1.16. The van der Waals surface area contributed by atoms with E-state index in [1.54, 1.807) is 9.80 Å². The van der Waals surface area contributed by atoms with Gasteiger partial charge in [0, 0.05) is 25.7 Å². The lowest BCUT2D eigenvalue weighted by molar-refractivity contribution is -0.134. The van der Waals surface area contributed by atoms with E-state index >= 15 is 0 Å². The van der Waals surface area contributed by atoms with Crippen molar-refractivity contribution < 1.29 is 28.3 Å². The van der Waals surface area contributed by atoms with E-state index in [4.69, 9.17) is 0 Å². The first kappa shape index (κ1) is 29.6. The fraction of sp³-hybridized carbons (Fsp3) is 0.500. The number of nitrogens with zero attached hydrogens (tertiary/aromatic N) is 2. The standard InChI is InChI=1S/C30H38F2N4O4/c1-3-5-11-35-17-24(23(4-2)29(35)39)28(38)34-25(14-20-12-21(31)15-22(32)13-20)27(37)26-30(40)36(18-33-26)16-19-9-7-6-8-10-19/h6-10,12-13,15,23-27,33,37H,3-5,11,14,16-18H2,1-2H3,(H,34,38)/t23?,24?,25-,26-,27-/m0/s1. The molecule has 2 heterocycles. The molecule has 3 amide bonds. The molecule has 0 aliphatic carbocycles. The van der Waals surface area contributed by atoms with Crippen molar-refractivity contribution in [3.05, 3.63) is 71.3 Å². The van der Waals surface area contributed by atoms with Crippen LogP contribution in [0.3, 0.4) is 0 Å². The summed E-state index contributed by atoms with van der Waals surface area (Å²) in [4.78, 5) is 43.0. The number of likely N-dealkylation sites (tertiary alicyclic amines) is 1. The van der Waals surface area contributed by atoms with Crippen molar-refractivity contribution in [1.82, 2.24) is 20.4 Å². The van der Waals surface area contributed by atoms with Gasteiger partial charge in [0.15, 0.2) is 0 Å². The Morgan fingerprint density at radius 1 is 1.05 bits per heavy atom. The number of rotatable bonds is 12. The second-order valence-corrected chi connectivity index (χ2v) is 10.7. The average Bonchev–Trinajstić information content (AvgIpc) is 3.45. The highest BCUT2D eigenvalue weighted by Gasteiger charge is 2.45. The van der Waals surface area contributed by atoms with Gasteiger partial charge in [-0.3, -0.25) is 19.7 Å². The number of unbranched alkanes of at least 4 members (excludes halogenated alkanes) is 1. The van der Waals surface area contributed by atoms with E-state index in [9.17, 15) is 28.3 Å². The number of carbonyl (C=O) groups is 3. The minimum Gasteiger partial charge on any atom is -0.389 e. The Morgan fingerprint density at radius 3 is 2.40 bits per heavy atom. The first-order valence-corrected chi connectivity index (χ1v) is 14.0. The van der Waals surface area contributed by atoms with Gasteiger partial charge in [0.25, 0.3) is 0 Å². The maximum absolute atomic E-state index is 14.0. The molecule has 216 valence electrons. The van der Waals surface area contributed by atoms with Crippen LogP contribution >= 0.6 is 0 Å². The molecule has 2 aliphatic heterocycles. The van der Waals surface area contributed by atoms with Gasteiger partial charge in [0.1, 0.15) is 17.7 Å². The van der Waals surface area contributed by atoms with Gasteiger partial charge in [-0.1, -0.05) is 50.6 Å². The highest BCUT2D eigenvalue weighted by molar-refractivity contribution is 5.91. The van der Waals surface area contributed by atoms with Crippen LogP contribution in [0.1, 0.15) is 44.2 Å². The molecule has 2 saturated heterocycles. The molecular formula is C30H38F2N4O4. The van der Waals surface area contributed by atoms with Crippen molar-refractivity contribution in [2.24, 2.45) is 11.8 Å². The normalized spacial score (nSPS) is 22.6. The maximum Gasteiger partial charge on any atom is 0.243 e. The van der Waals surface area contributed by atoms with Crippen LogP contribution in [0.2, 0.25) is 0 Å². The predicted octanol–water partition coefficient (Wildman–Crippen LogP) is 2.60. The lowest BCUT2D eigenvalue weighted by atomic mass is 9.90. The molecule has 0 spiro atoms. The van der Waals surface area contributed by atoms with Gasteiger partial charge in [-0.15, -0.1) is 0 Å². The van der Waals surface area contributed by atoms with Gasteiger partial charge >= 0.3 is 0 Å². The maximum atomic E-state index is 14.0. The molecular weight excluding hydrogens is 518 g/mol. The molecule has 2 aromatic rings. The molecule has 0 aromatic heterocycles. The number of nitrogens with one attached hydrogen (secondary N) is 2. The third-order valence-electron chi connectivity index (χ3n) is 7.85. The smallest absolute Gasteiger partial charge is 0.243 e. The highest BCUT2D eigenvalue weighted by Crippen LogP contribution is 2.29. The first-order chi connectivity index (χ1) is 19.2. The van der Waals surface area contributed by atoms with E-state index in [-0.39, 0.29) is 37.0 Å². The second kappa shape index (κ2) is 13.3. The minimum absolute atomic E-state index is 0.0652. The highest BCUT2D eigenvalue weighted by atomic mass is 19.1. The third kappa shape index (κ3) is 6.85. The van der Waals surface area contributed by atoms with Gasteiger partial charge in [-0.2, -0.15) is 0 Å². The first-order valence-electron chi connectivity index (χ1n) is 14.0. The van der Waals surface area contributed by atoms with Crippen molar-refractivity contribution in [3.63, 3.8) is 0 Å². The lowest BCUT2D eigenvalue weighted by Gasteiger charge is -2.29. The molecule has 2 unspecified atom stereocenters. The third-order valence-corrected chi connectivity index (χ3v) is 7.85. The summed E-state index contributed by atoms with van der Waals surface area (Å²) in [5, 5.41) is 17.3. The van der Waals surface area contributed by atoms with E-state index < -0.39 is 47.6 Å². The van der Waals surface area contributed by atoms with Crippen LogP contribution in [0.4, 0.5) is 8.78 Å². The molecule has 5 atom stereocenters. The fourth-order valence-electron chi connectivity index (χ4n) is 5.67. The molecule has 2 aliphatic rings. The second-order valence-electron chi connectivity index (χ2n) is 10.7. The van der Waals surface area contributed by atoms with Crippen molar-refractivity contribution in [3.8, 4) is 0 Å². The van der Waals surface area contributed by atoms with Crippen LogP contribution in [0, 0.1) is 23.5 Å². The van der Waals surface area contributed by atoms with Crippen LogP contribution < -0.4 is 10.6 Å². The Labute approximate surface area is 233 Å². The van der Waals surface area contributed by atoms with Crippen LogP contribution in [-0.2, 0) is 27.3 Å². The van der Waals surface area contributed by atoms with Gasteiger partial charge in [-0.05, 0) is 42.5 Å². The number of aliphatic hydroxyl groups is 1. The number of hydrogen-bond donors (Lipinski definition) is 3. The molecule has 2 fully saturated rings. The molecule has 10 heteroatoms. The molecule has 4 rings (SSSR count). The molecule has 8 nitrogen and oxygen atoms in total. The number of halogens is 2. The number of aliphatic hydroxyl groups excluding tert-OH is 1. The number of benzene rings is 2. The summed E-state index contributed by atoms with van der Waals surface area (Å²) in [6.07, 6.45) is 0.733. The van der Waals surface area contributed by atoms with E-state index in [1.807, 2.05) is 44.2 Å². The fourth-order valence-corrected chi connectivity index (χ4v) is 5.67. The van der Waals surface area contributed by atoms with Gasteiger partial charge in [0.2, 0.25) is 17.7 Å². The van der Waals surface area contributed by atoms with Gasteiger partial charge < -0.3 is 20.2 Å². The molecule has 2 aromatic carbocycles. The lowest BCUT2D eigenvalue weighted by Crippen LogP contribution is -2.56. The van der Waals surface area contributed by atoms with Crippen LogP contribution in [-0.4, -0.2) is 70.6 Å². The monoisotopic (exact) mass is 556 g/mol. The Balaban J connectivity index is 1.53. The summed E-state index contributed by atoms with van der Waals surface area (Å²) in [7, 11) is 0.